The molecule has 3 nitrogen and oxygen atoms in total. The molecule has 0 amide bonds. The third-order valence-corrected chi connectivity index (χ3v) is 3.86. The van der Waals surface area contributed by atoms with Gasteiger partial charge in [0.25, 0.3) is 0 Å². The molecule has 0 aliphatic heterocycles. The Kier molecular flexibility index (Phi) is 3.01. The van der Waals surface area contributed by atoms with Crippen molar-refractivity contribution < 1.29 is 14.3 Å². The Labute approximate surface area is 121 Å². The Balaban J connectivity index is 2.40. The maximum atomic E-state index is 14.1. The van der Waals surface area contributed by atoms with Crippen LogP contribution in [0.15, 0.2) is 36.4 Å². The number of carbonyl (C=O) groups excluding carboxylic acids is 1. The predicted molar refractivity (Wildman–Crippen MR) is 80.1 cm³/mol. The molecule has 0 aliphatic carbocycles. The number of benzene rings is 2. The van der Waals surface area contributed by atoms with Gasteiger partial charge in [-0.15, -0.1) is 0 Å². The molecular weight excluding hydrogens is 269 g/mol. The van der Waals surface area contributed by atoms with Gasteiger partial charge in [-0.05, 0) is 30.7 Å². The number of nitrogens with zero attached hydrogens (tertiary/aromatic N) is 1. The van der Waals surface area contributed by atoms with Gasteiger partial charge < -0.3 is 9.67 Å². The molecule has 21 heavy (non-hydrogen) atoms. The molecule has 3 aromatic rings. The minimum absolute atomic E-state index is 0.0711. The van der Waals surface area contributed by atoms with Crippen molar-refractivity contribution in [2.45, 2.75) is 6.92 Å². The van der Waals surface area contributed by atoms with Crippen molar-refractivity contribution in [1.82, 2.24) is 4.57 Å². The first-order valence-electron chi connectivity index (χ1n) is 6.56. The summed E-state index contributed by atoms with van der Waals surface area (Å²) in [6.45, 7) is 1.88. The summed E-state index contributed by atoms with van der Waals surface area (Å²) in [6, 6.07) is 9.74. The lowest BCUT2D eigenvalue weighted by Crippen LogP contribution is -1.94. The summed E-state index contributed by atoms with van der Waals surface area (Å²) in [5.41, 5.74) is 3.11. The van der Waals surface area contributed by atoms with Gasteiger partial charge in [0.2, 0.25) is 0 Å². The molecule has 0 bridgehead atoms. The highest BCUT2D eigenvalue weighted by molar-refractivity contribution is 5.97. The fraction of sp³-hybridized carbons (Fsp3) is 0.118. The molecule has 0 saturated carbocycles. The fourth-order valence-corrected chi connectivity index (χ4v) is 2.80. The first-order valence-corrected chi connectivity index (χ1v) is 6.56. The molecule has 4 heteroatoms. The normalized spacial score (nSPS) is 11.0. The zero-order valence-electron chi connectivity index (χ0n) is 11.7. The van der Waals surface area contributed by atoms with E-state index in [1.165, 1.54) is 12.1 Å². The fourth-order valence-electron chi connectivity index (χ4n) is 2.80. The molecule has 0 unspecified atom stereocenters. The van der Waals surface area contributed by atoms with E-state index in [-0.39, 0.29) is 17.1 Å². The quantitative estimate of drug-likeness (QED) is 0.727. The molecule has 2 aromatic carbocycles. The maximum absolute atomic E-state index is 14.1. The van der Waals surface area contributed by atoms with E-state index in [1.54, 1.807) is 24.3 Å². The van der Waals surface area contributed by atoms with Crippen LogP contribution in [0.1, 0.15) is 15.9 Å². The molecule has 0 spiro atoms. The van der Waals surface area contributed by atoms with E-state index in [4.69, 9.17) is 0 Å². The van der Waals surface area contributed by atoms with E-state index in [2.05, 4.69) is 0 Å². The number of halogens is 1. The summed E-state index contributed by atoms with van der Waals surface area (Å²) < 4.78 is 15.9. The van der Waals surface area contributed by atoms with Gasteiger partial charge in [-0.25, -0.2) is 4.39 Å². The molecular formula is C17H14FNO2. The zero-order chi connectivity index (χ0) is 15.1. The van der Waals surface area contributed by atoms with E-state index in [0.29, 0.717) is 11.8 Å². The van der Waals surface area contributed by atoms with Gasteiger partial charge >= 0.3 is 0 Å². The molecule has 0 radical (unpaired) electrons. The Morgan fingerprint density at radius 1 is 1.24 bits per heavy atom. The third kappa shape index (κ3) is 1.91. The third-order valence-electron chi connectivity index (χ3n) is 3.86. The topological polar surface area (TPSA) is 42.2 Å². The lowest BCUT2D eigenvalue weighted by Gasteiger charge is -2.07. The van der Waals surface area contributed by atoms with E-state index < -0.39 is 0 Å². The molecule has 1 N–H and O–H groups in total. The van der Waals surface area contributed by atoms with Crippen molar-refractivity contribution in [2.24, 2.45) is 7.05 Å². The Hall–Kier alpha value is -2.62. The number of rotatable bonds is 2. The minimum Gasteiger partial charge on any atom is -0.507 e. The van der Waals surface area contributed by atoms with E-state index in [0.717, 1.165) is 22.2 Å². The Bertz CT molecular complexity index is 865. The van der Waals surface area contributed by atoms with Crippen molar-refractivity contribution in [2.75, 3.05) is 0 Å². The van der Waals surface area contributed by atoms with Crippen molar-refractivity contribution in [3.63, 3.8) is 0 Å². The van der Waals surface area contributed by atoms with E-state index in [9.17, 15) is 14.3 Å². The first kappa shape index (κ1) is 13.4. The van der Waals surface area contributed by atoms with Crippen molar-refractivity contribution >= 4 is 17.2 Å². The monoisotopic (exact) mass is 283 g/mol. The number of aromatic nitrogens is 1. The summed E-state index contributed by atoms with van der Waals surface area (Å²) in [5.74, 6) is -0.371. The molecule has 3 rings (SSSR count). The number of carbonyl (C=O) groups is 1. The molecule has 0 fully saturated rings. The van der Waals surface area contributed by atoms with Crippen LogP contribution in [0.4, 0.5) is 4.39 Å². The number of aryl methyl sites for hydroxylation is 2. The molecule has 0 atom stereocenters. The van der Waals surface area contributed by atoms with Gasteiger partial charge in [-0.1, -0.05) is 12.1 Å². The minimum atomic E-state index is -0.300. The second kappa shape index (κ2) is 4.74. The van der Waals surface area contributed by atoms with Crippen LogP contribution in [0.2, 0.25) is 0 Å². The van der Waals surface area contributed by atoms with Gasteiger partial charge in [0, 0.05) is 24.1 Å². The van der Waals surface area contributed by atoms with Gasteiger partial charge in [0.1, 0.15) is 11.6 Å². The number of hydrogen-bond acceptors (Lipinski definition) is 2. The first-order chi connectivity index (χ1) is 10.0. The highest BCUT2D eigenvalue weighted by Crippen LogP contribution is 2.36. The highest BCUT2D eigenvalue weighted by atomic mass is 19.1. The van der Waals surface area contributed by atoms with Crippen LogP contribution in [0.3, 0.4) is 0 Å². The lowest BCUT2D eigenvalue weighted by molar-refractivity contribution is 0.112. The lowest BCUT2D eigenvalue weighted by atomic mass is 10.0. The standard InChI is InChI=1S/C17H14FNO2/c1-10-13-7-11(9-20)16(21)8-15(13)19(2)17(10)12-5-3-4-6-14(12)18/h3-9,21H,1-2H3. The van der Waals surface area contributed by atoms with Gasteiger partial charge in [-0.2, -0.15) is 0 Å². The second-order valence-corrected chi connectivity index (χ2v) is 5.06. The molecule has 1 aromatic heterocycles. The van der Waals surface area contributed by atoms with Gasteiger partial charge in [-0.3, -0.25) is 4.79 Å². The van der Waals surface area contributed by atoms with Crippen LogP contribution in [0.5, 0.6) is 5.75 Å². The molecule has 0 saturated heterocycles. The molecule has 1 heterocycles. The van der Waals surface area contributed by atoms with Crippen LogP contribution < -0.4 is 0 Å². The SMILES string of the molecule is Cc1c(-c2ccccc2F)n(C)c2cc(O)c(C=O)cc12. The Morgan fingerprint density at radius 3 is 2.62 bits per heavy atom. The predicted octanol–water partition coefficient (Wildman–Crippen LogP) is 3.81. The number of aromatic hydroxyl groups is 1. The van der Waals surface area contributed by atoms with Crippen LogP contribution >= 0.6 is 0 Å². The number of phenols is 1. The van der Waals surface area contributed by atoms with Crippen LogP contribution in [0.25, 0.3) is 22.2 Å². The summed E-state index contributed by atoms with van der Waals surface area (Å²) in [4.78, 5) is 11.0. The smallest absolute Gasteiger partial charge is 0.153 e. The largest absolute Gasteiger partial charge is 0.507 e. The van der Waals surface area contributed by atoms with E-state index >= 15 is 0 Å². The van der Waals surface area contributed by atoms with Gasteiger partial charge in [0.15, 0.2) is 6.29 Å². The molecule has 106 valence electrons. The highest BCUT2D eigenvalue weighted by Gasteiger charge is 2.17. The van der Waals surface area contributed by atoms with Crippen LogP contribution in [-0.2, 0) is 7.05 Å². The summed E-state index contributed by atoms with van der Waals surface area (Å²) in [6.07, 6.45) is 0.615. The summed E-state index contributed by atoms with van der Waals surface area (Å²) >= 11 is 0. The number of fused-ring (bicyclic) bond motifs is 1. The van der Waals surface area contributed by atoms with Gasteiger partial charge in [0.05, 0.1) is 16.8 Å². The number of phenolic OH excluding ortho intramolecular Hbond substituents is 1. The van der Waals surface area contributed by atoms with E-state index in [1.807, 2.05) is 18.5 Å². The average molecular weight is 283 g/mol. The zero-order valence-corrected chi connectivity index (χ0v) is 11.7. The van der Waals surface area contributed by atoms with Crippen molar-refractivity contribution in [3.8, 4) is 17.0 Å². The maximum Gasteiger partial charge on any atom is 0.153 e. The second-order valence-electron chi connectivity index (χ2n) is 5.06. The summed E-state index contributed by atoms with van der Waals surface area (Å²) in [5, 5.41) is 10.7. The Morgan fingerprint density at radius 2 is 1.95 bits per heavy atom. The van der Waals surface area contributed by atoms with Crippen molar-refractivity contribution in [1.29, 1.82) is 0 Å². The molecule has 0 aliphatic rings. The summed E-state index contributed by atoms with van der Waals surface area (Å²) in [7, 11) is 1.82. The number of aldehydes is 1. The van der Waals surface area contributed by atoms with Crippen LogP contribution in [0, 0.1) is 12.7 Å². The van der Waals surface area contributed by atoms with Crippen LogP contribution in [-0.4, -0.2) is 16.0 Å². The van der Waals surface area contributed by atoms with Crippen molar-refractivity contribution in [3.05, 3.63) is 53.3 Å². The number of hydrogen-bond donors (Lipinski definition) is 1. The average Bonchev–Trinajstić information content (AvgIpc) is 2.70.